The van der Waals surface area contributed by atoms with Gasteiger partial charge in [0.15, 0.2) is 0 Å². The van der Waals surface area contributed by atoms with Gasteiger partial charge in [-0.25, -0.2) is 4.39 Å². The van der Waals surface area contributed by atoms with Crippen LogP contribution in [0.1, 0.15) is 29.8 Å². The van der Waals surface area contributed by atoms with E-state index < -0.39 is 23.2 Å². The maximum absolute atomic E-state index is 13.7. The first kappa shape index (κ1) is 15.7. The van der Waals surface area contributed by atoms with Crippen molar-refractivity contribution in [2.45, 2.75) is 19.4 Å². The van der Waals surface area contributed by atoms with Crippen LogP contribution in [0.25, 0.3) is 0 Å². The molecule has 1 aromatic carbocycles. The van der Waals surface area contributed by atoms with Gasteiger partial charge in [0.2, 0.25) is 5.91 Å². The SMILES string of the molecule is CC(C)(NC(=O)c1cc(C#CCN)ccc1F)C(N)=O. The van der Waals surface area contributed by atoms with Crippen molar-refractivity contribution in [1.82, 2.24) is 5.32 Å². The third-order valence-corrected chi connectivity index (χ3v) is 2.59. The summed E-state index contributed by atoms with van der Waals surface area (Å²) < 4.78 is 13.7. The van der Waals surface area contributed by atoms with Gasteiger partial charge < -0.3 is 16.8 Å². The molecule has 0 aliphatic heterocycles. The Morgan fingerprint density at radius 1 is 1.40 bits per heavy atom. The molecule has 0 saturated heterocycles. The zero-order chi connectivity index (χ0) is 15.3. The average molecular weight is 277 g/mol. The number of carbonyl (C=O) groups excluding carboxylic acids is 2. The second kappa shape index (κ2) is 6.17. The molecule has 0 atom stereocenters. The van der Waals surface area contributed by atoms with E-state index in [2.05, 4.69) is 17.2 Å². The minimum atomic E-state index is -1.28. The third kappa shape index (κ3) is 3.80. The van der Waals surface area contributed by atoms with Crippen LogP contribution in [0.4, 0.5) is 4.39 Å². The fourth-order valence-electron chi connectivity index (χ4n) is 1.34. The quantitative estimate of drug-likeness (QED) is 0.685. The van der Waals surface area contributed by atoms with Crippen LogP contribution >= 0.6 is 0 Å². The highest BCUT2D eigenvalue weighted by Gasteiger charge is 2.28. The molecule has 0 bridgehead atoms. The minimum absolute atomic E-state index is 0.160. The fourth-order valence-corrected chi connectivity index (χ4v) is 1.34. The number of halogens is 1. The van der Waals surface area contributed by atoms with E-state index in [4.69, 9.17) is 11.5 Å². The monoisotopic (exact) mass is 277 g/mol. The normalized spacial score (nSPS) is 10.4. The van der Waals surface area contributed by atoms with E-state index in [1.807, 2.05) is 0 Å². The van der Waals surface area contributed by atoms with Gasteiger partial charge in [0, 0.05) is 5.56 Å². The molecule has 0 fully saturated rings. The molecule has 0 saturated carbocycles. The minimum Gasteiger partial charge on any atom is -0.368 e. The van der Waals surface area contributed by atoms with E-state index in [9.17, 15) is 14.0 Å². The molecule has 0 aliphatic carbocycles. The average Bonchev–Trinajstić information content (AvgIpc) is 2.37. The Hall–Kier alpha value is -2.39. The summed E-state index contributed by atoms with van der Waals surface area (Å²) in [7, 11) is 0. The molecule has 1 rings (SSSR count). The van der Waals surface area contributed by atoms with Crippen molar-refractivity contribution in [1.29, 1.82) is 0 Å². The Bertz CT molecular complexity index is 600. The third-order valence-electron chi connectivity index (χ3n) is 2.59. The molecule has 2 amide bonds. The number of rotatable bonds is 3. The van der Waals surface area contributed by atoms with Gasteiger partial charge in [0.05, 0.1) is 12.1 Å². The topological polar surface area (TPSA) is 98.2 Å². The molecule has 5 N–H and O–H groups in total. The highest BCUT2D eigenvalue weighted by atomic mass is 19.1. The van der Waals surface area contributed by atoms with Gasteiger partial charge in [-0.05, 0) is 32.0 Å². The van der Waals surface area contributed by atoms with Crippen LogP contribution in [0.15, 0.2) is 18.2 Å². The van der Waals surface area contributed by atoms with Crippen molar-refractivity contribution in [3.8, 4) is 11.8 Å². The van der Waals surface area contributed by atoms with Gasteiger partial charge in [-0.1, -0.05) is 11.8 Å². The second-order valence-corrected chi connectivity index (χ2v) is 4.64. The van der Waals surface area contributed by atoms with E-state index in [0.29, 0.717) is 5.56 Å². The summed E-state index contributed by atoms with van der Waals surface area (Å²) in [5.41, 5.74) is 9.37. The summed E-state index contributed by atoms with van der Waals surface area (Å²) in [5.74, 6) is 3.15. The molecule has 1 aromatic rings. The Morgan fingerprint density at radius 3 is 2.60 bits per heavy atom. The summed E-state index contributed by atoms with van der Waals surface area (Å²) in [5, 5.41) is 2.37. The van der Waals surface area contributed by atoms with Crippen LogP contribution in [0.2, 0.25) is 0 Å². The van der Waals surface area contributed by atoms with Crippen LogP contribution in [-0.2, 0) is 4.79 Å². The number of nitrogens with one attached hydrogen (secondary N) is 1. The molecule has 0 spiro atoms. The molecule has 0 aliphatic rings. The summed E-state index contributed by atoms with van der Waals surface area (Å²) in [6.45, 7) is 3.03. The van der Waals surface area contributed by atoms with Crippen molar-refractivity contribution in [3.63, 3.8) is 0 Å². The van der Waals surface area contributed by atoms with E-state index >= 15 is 0 Å². The number of benzene rings is 1. The maximum Gasteiger partial charge on any atom is 0.255 e. The predicted octanol–water partition coefficient (Wildman–Crippen LogP) is 0.130. The molecule has 0 aromatic heterocycles. The van der Waals surface area contributed by atoms with E-state index in [1.54, 1.807) is 0 Å². The van der Waals surface area contributed by atoms with Crippen LogP contribution in [0.3, 0.4) is 0 Å². The Kier molecular flexibility index (Phi) is 4.83. The highest BCUT2D eigenvalue weighted by molar-refractivity contribution is 5.99. The van der Waals surface area contributed by atoms with Gasteiger partial charge in [0.1, 0.15) is 11.4 Å². The zero-order valence-corrected chi connectivity index (χ0v) is 11.3. The van der Waals surface area contributed by atoms with Crippen molar-refractivity contribution in [2.75, 3.05) is 6.54 Å². The molecule has 0 radical (unpaired) electrons. The number of hydrogen-bond acceptors (Lipinski definition) is 3. The van der Waals surface area contributed by atoms with E-state index in [-0.39, 0.29) is 12.1 Å². The lowest BCUT2D eigenvalue weighted by Crippen LogP contribution is -2.53. The van der Waals surface area contributed by atoms with Crippen molar-refractivity contribution < 1.29 is 14.0 Å². The lowest BCUT2D eigenvalue weighted by molar-refractivity contribution is -0.122. The molecule has 20 heavy (non-hydrogen) atoms. The van der Waals surface area contributed by atoms with Crippen LogP contribution in [0.5, 0.6) is 0 Å². The molecule has 5 nitrogen and oxygen atoms in total. The first-order valence-electron chi connectivity index (χ1n) is 5.89. The summed E-state index contributed by atoms with van der Waals surface area (Å²) in [6, 6.07) is 3.87. The molecule has 106 valence electrons. The standard InChI is InChI=1S/C14H16FN3O2/c1-14(2,13(17)20)18-12(19)10-8-9(4-3-7-16)5-6-11(10)15/h5-6,8H,7,16H2,1-2H3,(H2,17,20)(H,18,19). The molecule has 0 heterocycles. The number of amides is 2. The number of hydrogen-bond donors (Lipinski definition) is 3. The zero-order valence-electron chi connectivity index (χ0n) is 11.3. The first-order valence-corrected chi connectivity index (χ1v) is 5.89. The Morgan fingerprint density at radius 2 is 2.05 bits per heavy atom. The first-order chi connectivity index (χ1) is 9.27. The van der Waals surface area contributed by atoms with Gasteiger partial charge in [0.25, 0.3) is 5.91 Å². The van der Waals surface area contributed by atoms with Gasteiger partial charge in [-0.3, -0.25) is 9.59 Å². The summed E-state index contributed by atoms with van der Waals surface area (Å²) >= 11 is 0. The lowest BCUT2D eigenvalue weighted by atomic mass is 10.0. The Balaban J connectivity index is 3.06. The number of primary amides is 1. The van der Waals surface area contributed by atoms with Gasteiger partial charge >= 0.3 is 0 Å². The lowest BCUT2D eigenvalue weighted by Gasteiger charge is -2.22. The molecular formula is C14H16FN3O2. The largest absolute Gasteiger partial charge is 0.368 e. The Labute approximate surface area is 116 Å². The van der Waals surface area contributed by atoms with Crippen LogP contribution in [-0.4, -0.2) is 23.9 Å². The number of carbonyl (C=O) groups is 2. The maximum atomic E-state index is 13.7. The molecular weight excluding hydrogens is 261 g/mol. The van der Waals surface area contributed by atoms with Crippen LogP contribution in [0, 0.1) is 17.7 Å². The van der Waals surface area contributed by atoms with E-state index in [0.717, 1.165) is 6.07 Å². The molecule has 0 unspecified atom stereocenters. The van der Waals surface area contributed by atoms with Crippen molar-refractivity contribution >= 4 is 11.8 Å². The second-order valence-electron chi connectivity index (χ2n) is 4.64. The van der Waals surface area contributed by atoms with E-state index in [1.165, 1.54) is 26.0 Å². The van der Waals surface area contributed by atoms with Crippen molar-refractivity contribution in [3.05, 3.63) is 35.1 Å². The summed E-state index contributed by atoms with van der Waals surface area (Å²) in [4.78, 5) is 23.1. The van der Waals surface area contributed by atoms with Gasteiger partial charge in [-0.15, -0.1) is 0 Å². The predicted molar refractivity (Wildman–Crippen MR) is 73.1 cm³/mol. The van der Waals surface area contributed by atoms with Crippen molar-refractivity contribution in [2.24, 2.45) is 11.5 Å². The smallest absolute Gasteiger partial charge is 0.255 e. The fraction of sp³-hybridized carbons (Fsp3) is 0.286. The number of nitrogens with two attached hydrogens (primary N) is 2. The highest BCUT2D eigenvalue weighted by Crippen LogP contribution is 2.12. The summed E-state index contributed by atoms with van der Waals surface area (Å²) in [6.07, 6.45) is 0. The van der Waals surface area contributed by atoms with Crippen LogP contribution < -0.4 is 16.8 Å². The van der Waals surface area contributed by atoms with Gasteiger partial charge in [-0.2, -0.15) is 0 Å². The molecule has 6 heteroatoms.